The number of nitrogens with zero attached hydrogens (tertiary/aromatic N) is 6. The van der Waals surface area contributed by atoms with Gasteiger partial charge in [0.1, 0.15) is 17.2 Å². The van der Waals surface area contributed by atoms with Crippen molar-refractivity contribution in [1.82, 2.24) is 29.1 Å². The van der Waals surface area contributed by atoms with Crippen LogP contribution < -0.4 is 20.9 Å². The van der Waals surface area contributed by atoms with Gasteiger partial charge >= 0.3 is 0 Å². The first-order valence-corrected chi connectivity index (χ1v) is 14.0. The zero-order valence-electron chi connectivity index (χ0n) is 23.1. The van der Waals surface area contributed by atoms with E-state index in [1.165, 1.54) is 0 Å². The average Bonchev–Trinajstić information content (AvgIpc) is 3.61. The fourth-order valence-corrected chi connectivity index (χ4v) is 5.70. The second kappa shape index (κ2) is 11.0. The van der Waals surface area contributed by atoms with Crippen LogP contribution in [-0.4, -0.2) is 48.3 Å². The number of hydrogen-bond acceptors (Lipinski definition) is 8. The van der Waals surface area contributed by atoms with Crippen molar-refractivity contribution >= 4 is 34.0 Å². The molecular formula is C32H30N8O2. The van der Waals surface area contributed by atoms with Gasteiger partial charge in [-0.15, -0.1) is 0 Å². The average molecular weight is 559 g/mol. The van der Waals surface area contributed by atoms with E-state index in [-0.39, 0.29) is 17.6 Å². The van der Waals surface area contributed by atoms with E-state index in [0.29, 0.717) is 17.9 Å². The van der Waals surface area contributed by atoms with Crippen LogP contribution in [0.5, 0.6) is 5.75 Å². The molecule has 210 valence electrons. The second-order valence-electron chi connectivity index (χ2n) is 10.5. The van der Waals surface area contributed by atoms with Crippen molar-refractivity contribution in [3.05, 3.63) is 107 Å². The first-order valence-electron chi connectivity index (χ1n) is 14.0. The minimum atomic E-state index is -0.137. The summed E-state index contributed by atoms with van der Waals surface area (Å²) < 4.78 is 9.10. The van der Waals surface area contributed by atoms with E-state index in [2.05, 4.69) is 48.4 Å². The predicted octanol–water partition coefficient (Wildman–Crippen LogP) is 5.03. The molecule has 1 aliphatic carbocycles. The summed E-state index contributed by atoms with van der Waals surface area (Å²) >= 11 is 0. The van der Waals surface area contributed by atoms with Crippen LogP contribution in [0.3, 0.4) is 0 Å². The zero-order valence-corrected chi connectivity index (χ0v) is 23.1. The maximum absolute atomic E-state index is 12.6. The van der Waals surface area contributed by atoms with E-state index >= 15 is 0 Å². The Balaban J connectivity index is 1.05. The monoisotopic (exact) mass is 558 g/mol. The molecule has 0 unspecified atom stereocenters. The van der Waals surface area contributed by atoms with E-state index in [1.54, 1.807) is 42.4 Å². The largest absolute Gasteiger partial charge is 0.497 e. The van der Waals surface area contributed by atoms with Crippen molar-refractivity contribution in [2.75, 3.05) is 17.7 Å². The van der Waals surface area contributed by atoms with E-state index in [0.717, 1.165) is 58.9 Å². The predicted molar refractivity (Wildman–Crippen MR) is 163 cm³/mol. The van der Waals surface area contributed by atoms with Gasteiger partial charge in [0.05, 0.1) is 31.1 Å². The van der Waals surface area contributed by atoms with Crippen LogP contribution in [0.25, 0.3) is 27.9 Å². The van der Waals surface area contributed by atoms with Crippen LogP contribution in [-0.2, 0) is 6.54 Å². The minimum Gasteiger partial charge on any atom is -0.497 e. The van der Waals surface area contributed by atoms with Crippen LogP contribution >= 0.6 is 0 Å². The van der Waals surface area contributed by atoms with Crippen LogP contribution in [0.1, 0.15) is 24.8 Å². The number of aromatic nitrogens is 6. The van der Waals surface area contributed by atoms with Crippen LogP contribution in [0, 0.1) is 0 Å². The summed E-state index contributed by atoms with van der Waals surface area (Å²) in [5, 5.41) is 8.17. The summed E-state index contributed by atoms with van der Waals surface area (Å²) in [7, 11) is 1.67. The van der Waals surface area contributed by atoms with Crippen LogP contribution in [0.2, 0.25) is 0 Å². The van der Waals surface area contributed by atoms with Gasteiger partial charge in [-0.25, -0.2) is 15.0 Å². The Morgan fingerprint density at radius 1 is 0.881 bits per heavy atom. The van der Waals surface area contributed by atoms with Gasteiger partial charge in [-0.1, -0.05) is 12.1 Å². The lowest BCUT2D eigenvalue weighted by molar-refractivity contribution is 0.414. The number of hydrogen-bond donors (Lipinski definition) is 2. The zero-order chi connectivity index (χ0) is 28.5. The van der Waals surface area contributed by atoms with Crippen LogP contribution in [0.15, 0.2) is 96.2 Å². The standard InChI is InChI=1S/C32H30N8O2/c1-42-26-12-6-21(7-13-26)20-39-27-5-3-16-33-30(27)38-32(39)37-24-10-9-23(18-24)36-28-14-11-25(19-35-28)40-29(41)15-8-22-4-2-17-34-31(22)40/h2-8,11-17,19,23-24H,9-10,18,20H2,1H3,(H,35,36)(H,33,37,38)/t23-,24-/m0/s1. The summed E-state index contributed by atoms with van der Waals surface area (Å²) in [5.41, 5.74) is 4.04. The van der Waals surface area contributed by atoms with Crippen molar-refractivity contribution in [1.29, 1.82) is 0 Å². The van der Waals surface area contributed by atoms with Gasteiger partial charge in [0, 0.05) is 35.9 Å². The molecule has 7 rings (SSSR count). The second-order valence-corrected chi connectivity index (χ2v) is 10.5. The molecule has 5 heterocycles. The van der Waals surface area contributed by atoms with E-state index < -0.39 is 0 Å². The maximum atomic E-state index is 12.6. The number of ether oxygens (including phenoxy) is 1. The Morgan fingerprint density at radius 2 is 1.69 bits per heavy atom. The first kappa shape index (κ1) is 25.7. The molecule has 0 spiro atoms. The Morgan fingerprint density at radius 3 is 2.50 bits per heavy atom. The number of benzene rings is 1. The summed E-state index contributed by atoms with van der Waals surface area (Å²) in [6, 6.07) is 23.6. The summed E-state index contributed by atoms with van der Waals surface area (Å²) in [6.45, 7) is 0.675. The Kier molecular flexibility index (Phi) is 6.71. The number of fused-ring (bicyclic) bond motifs is 2. The molecule has 6 aromatic rings. The highest BCUT2D eigenvalue weighted by Crippen LogP contribution is 2.28. The van der Waals surface area contributed by atoms with E-state index in [9.17, 15) is 4.79 Å². The number of anilines is 2. The molecule has 10 heteroatoms. The third kappa shape index (κ3) is 5.03. The highest BCUT2D eigenvalue weighted by Gasteiger charge is 2.26. The highest BCUT2D eigenvalue weighted by atomic mass is 16.5. The molecule has 0 amide bonds. The normalized spacial score (nSPS) is 16.6. The molecule has 2 N–H and O–H groups in total. The molecule has 42 heavy (non-hydrogen) atoms. The lowest BCUT2D eigenvalue weighted by Gasteiger charge is -2.17. The van der Waals surface area contributed by atoms with Gasteiger partial charge in [0.2, 0.25) is 5.95 Å². The van der Waals surface area contributed by atoms with E-state index in [4.69, 9.17) is 9.72 Å². The lowest BCUT2D eigenvalue weighted by atomic mass is 10.2. The van der Waals surface area contributed by atoms with Gasteiger partial charge in [-0.05, 0) is 79.4 Å². The van der Waals surface area contributed by atoms with E-state index in [1.807, 2.05) is 42.5 Å². The third-order valence-electron chi connectivity index (χ3n) is 7.80. The van der Waals surface area contributed by atoms with Gasteiger partial charge in [0.25, 0.3) is 5.56 Å². The maximum Gasteiger partial charge on any atom is 0.256 e. The SMILES string of the molecule is COc1ccc(Cn2c(N[C@H]3CC[C@H](Nc4ccc(-n5c(=O)ccc6cccnc65)cn4)C3)nc3ncccc32)cc1. The molecule has 1 fully saturated rings. The van der Waals surface area contributed by atoms with Crippen molar-refractivity contribution in [3.63, 3.8) is 0 Å². The molecule has 10 nitrogen and oxygen atoms in total. The topological polar surface area (TPSA) is 112 Å². The lowest BCUT2D eigenvalue weighted by Crippen LogP contribution is -2.23. The third-order valence-corrected chi connectivity index (χ3v) is 7.80. The Labute approximate surface area is 242 Å². The fraction of sp³-hybridized carbons (Fsp3) is 0.219. The fourth-order valence-electron chi connectivity index (χ4n) is 5.70. The number of nitrogens with one attached hydrogen (secondary N) is 2. The quantitative estimate of drug-likeness (QED) is 0.268. The molecule has 2 atom stereocenters. The van der Waals surface area contributed by atoms with Crippen molar-refractivity contribution in [3.8, 4) is 11.4 Å². The van der Waals surface area contributed by atoms with Crippen molar-refractivity contribution in [2.45, 2.75) is 37.9 Å². The Hall–Kier alpha value is -5.25. The number of methoxy groups -OCH3 is 1. The summed E-state index contributed by atoms with van der Waals surface area (Å²) in [5.74, 6) is 2.44. The van der Waals surface area contributed by atoms with Gasteiger partial charge in [-0.3, -0.25) is 9.36 Å². The summed E-state index contributed by atoms with van der Waals surface area (Å²) in [6.07, 6.45) is 8.12. The number of imidazole rings is 1. The molecule has 1 aliphatic rings. The Bertz CT molecular complexity index is 1910. The molecular weight excluding hydrogens is 528 g/mol. The molecule has 0 bridgehead atoms. The van der Waals surface area contributed by atoms with Gasteiger partial charge < -0.3 is 19.9 Å². The highest BCUT2D eigenvalue weighted by molar-refractivity contribution is 5.76. The van der Waals surface area contributed by atoms with Crippen molar-refractivity contribution < 1.29 is 4.74 Å². The van der Waals surface area contributed by atoms with Crippen LogP contribution in [0.4, 0.5) is 11.8 Å². The van der Waals surface area contributed by atoms with Crippen molar-refractivity contribution in [2.24, 2.45) is 0 Å². The molecule has 1 aromatic carbocycles. The number of rotatable bonds is 8. The summed E-state index contributed by atoms with van der Waals surface area (Å²) in [4.78, 5) is 31.0. The first-order chi connectivity index (χ1) is 20.6. The molecule has 5 aromatic heterocycles. The number of pyridine rings is 4. The van der Waals surface area contributed by atoms with Gasteiger partial charge in [0.15, 0.2) is 5.65 Å². The van der Waals surface area contributed by atoms with Gasteiger partial charge in [-0.2, -0.15) is 4.98 Å². The minimum absolute atomic E-state index is 0.137. The molecule has 1 saturated carbocycles. The molecule has 0 saturated heterocycles. The smallest absolute Gasteiger partial charge is 0.256 e. The molecule has 0 radical (unpaired) electrons. The molecule has 0 aliphatic heterocycles.